The molecule has 3 rings (SSSR count). The summed E-state index contributed by atoms with van der Waals surface area (Å²) in [5, 5.41) is 3.45. The second-order valence-electron chi connectivity index (χ2n) is 6.93. The van der Waals surface area contributed by atoms with Crippen molar-refractivity contribution in [3.8, 4) is 5.75 Å². The minimum Gasteiger partial charge on any atom is -0.484 e. The van der Waals surface area contributed by atoms with E-state index in [0.29, 0.717) is 49.1 Å². The highest BCUT2D eigenvalue weighted by Gasteiger charge is 2.22. The normalized spacial score (nSPS) is 13.9. The van der Waals surface area contributed by atoms with Crippen molar-refractivity contribution in [1.29, 1.82) is 0 Å². The number of amides is 2. The molecule has 6 nitrogen and oxygen atoms in total. The highest BCUT2D eigenvalue weighted by Crippen LogP contribution is 2.30. The van der Waals surface area contributed by atoms with Crippen LogP contribution in [-0.2, 0) is 9.59 Å². The number of nitrogens with zero attached hydrogens (tertiary/aromatic N) is 2. The Bertz CT molecular complexity index is 836. The van der Waals surface area contributed by atoms with E-state index in [1.165, 1.54) is 0 Å². The van der Waals surface area contributed by atoms with Gasteiger partial charge in [-0.15, -0.1) is 0 Å². The molecule has 1 aliphatic rings. The first-order chi connectivity index (χ1) is 14.1. The molecule has 0 bridgehead atoms. The molecule has 0 spiro atoms. The SMILES string of the molecule is CCCC(=O)N1CCN(c2ccc(Cl)cc2NC(=O)COc2ccccc2)CC1. The Morgan fingerprint density at radius 3 is 2.48 bits per heavy atom. The van der Waals surface area contributed by atoms with Gasteiger partial charge in [-0.1, -0.05) is 36.7 Å². The summed E-state index contributed by atoms with van der Waals surface area (Å²) in [5.74, 6) is 0.589. The van der Waals surface area contributed by atoms with Crippen molar-refractivity contribution in [3.05, 3.63) is 53.6 Å². The third kappa shape index (κ3) is 5.87. The molecule has 0 atom stereocenters. The van der Waals surface area contributed by atoms with Crippen molar-refractivity contribution in [1.82, 2.24) is 4.90 Å². The average Bonchev–Trinajstić information content (AvgIpc) is 2.73. The van der Waals surface area contributed by atoms with Crippen molar-refractivity contribution in [2.75, 3.05) is 43.0 Å². The monoisotopic (exact) mass is 415 g/mol. The average molecular weight is 416 g/mol. The summed E-state index contributed by atoms with van der Waals surface area (Å²) in [5.41, 5.74) is 1.54. The first-order valence-electron chi connectivity index (χ1n) is 9.87. The maximum Gasteiger partial charge on any atom is 0.262 e. The number of halogens is 1. The fourth-order valence-corrected chi connectivity index (χ4v) is 3.48. The molecule has 0 unspecified atom stereocenters. The van der Waals surface area contributed by atoms with Gasteiger partial charge in [-0.05, 0) is 36.8 Å². The molecular formula is C22H26ClN3O3. The fourth-order valence-electron chi connectivity index (χ4n) is 3.30. The predicted molar refractivity (Wildman–Crippen MR) is 116 cm³/mol. The maximum absolute atomic E-state index is 12.4. The Kier molecular flexibility index (Phi) is 7.36. The number of para-hydroxylation sites is 1. The summed E-state index contributed by atoms with van der Waals surface area (Å²) in [6, 6.07) is 14.7. The number of nitrogens with one attached hydrogen (secondary N) is 1. The molecule has 154 valence electrons. The highest BCUT2D eigenvalue weighted by molar-refractivity contribution is 6.31. The summed E-state index contributed by atoms with van der Waals surface area (Å²) in [6.07, 6.45) is 1.45. The molecule has 7 heteroatoms. The van der Waals surface area contributed by atoms with Crippen LogP contribution in [0.3, 0.4) is 0 Å². The molecule has 0 aliphatic carbocycles. The van der Waals surface area contributed by atoms with Crippen LogP contribution in [0, 0.1) is 0 Å². The molecule has 0 radical (unpaired) electrons. The molecule has 1 saturated heterocycles. The van der Waals surface area contributed by atoms with Crippen molar-refractivity contribution < 1.29 is 14.3 Å². The molecule has 29 heavy (non-hydrogen) atoms. The van der Waals surface area contributed by atoms with Crippen LogP contribution in [0.15, 0.2) is 48.5 Å². The number of piperazine rings is 1. The molecule has 2 amide bonds. The molecule has 1 heterocycles. The topological polar surface area (TPSA) is 61.9 Å². The van der Waals surface area contributed by atoms with Crippen LogP contribution in [0.5, 0.6) is 5.75 Å². The molecule has 1 aliphatic heterocycles. The molecule has 0 aromatic heterocycles. The zero-order chi connectivity index (χ0) is 20.6. The quantitative estimate of drug-likeness (QED) is 0.747. The smallest absolute Gasteiger partial charge is 0.262 e. The van der Waals surface area contributed by atoms with Crippen LogP contribution >= 0.6 is 11.6 Å². The third-order valence-corrected chi connectivity index (χ3v) is 5.02. The largest absolute Gasteiger partial charge is 0.484 e. The molecule has 1 fully saturated rings. The number of rotatable bonds is 7. The zero-order valence-corrected chi connectivity index (χ0v) is 17.3. The van der Waals surface area contributed by atoms with Gasteiger partial charge in [-0.3, -0.25) is 9.59 Å². The van der Waals surface area contributed by atoms with Crippen molar-refractivity contribution in [3.63, 3.8) is 0 Å². The first-order valence-corrected chi connectivity index (χ1v) is 10.2. The predicted octanol–water partition coefficient (Wildman–Crippen LogP) is 3.81. The standard InChI is InChI=1S/C22H26ClN3O3/c1-2-6-22(28)26-13-11-25(12-14-26)20-10-9-17(23)15-19(20)24-21(27)16-29-18-7-4-3-5-8-18/h3-5,7-10,15H,2,6,11-14,16H2,1H3,(H,24,27). The van der Waals surface area contributed by atoms with Crippen LogP contribution in [0.1, 0.15) is 19.8 Å². The van der Waals surface area contributed by atoms with E-state index in [9.17, 15) is 9.59 Å². The van der Waals surface area contributed by atoms with Crippen molar-refractivity contribution >= 4 is 34.8 Å². The van der Waals surface area contributed by atoms with E-state index in [1.807, 2.05) is 42.2 Å². The van der Waals surface area contributed by atoms with Crippen LogP contribution in [-0.4, -0.2) is 49.5 Å². The second kappa shape index (κ2) is 10.2. The molecule has 1 N–H and O–H groups in total. The van der Waals surface area contributed by atoms with Crippen LogP contribution in [0.25, 0.3) is 0 Å². The zero-order valence-electron chi connectivity index (χ0n) is 16.6. The molecular weight excluding hydrogens is 390 g/mol. The van der Waals surface area contributed by atoms with Crippen LogP contribution in [0.4, 0.5) is 11.4 Å². The number of hydrogen-bond acceptors (Lipinski definition) is 4. The molecule has 0 saturated carbocycles. The summed E-state index contributed by atoms with van der Waals surface area (Å²) in [4.78, 5) is 28.6. The lowest BCUT2D eigenvalue weighted by molar-refractivity contribution is -0.131. The number of carbonyl (C=O) groups excluding carboxylic acids is 2. The van der Waals surface area contributed by atoms with Crippen molar-refractivity contribution in [2.45, 2.75) is 19.8 Å². The van der Waals surface area contributed by atoms with Gasteiger partial charge in [0, 0.05) is 37.6 Å². The van der Waals surface area contributed by atoms with E-state index in [4.69, 9.17) is 16.3 Å². The van der Waals surface area contributed by atoms with E-state index < -0.39 is 0 Å². The number of anilines is 2. The summed E-state index contributed by atoms with van der Waals surface area (Å²) in [7, 11) is 0. The summed E-state index contributed by atoms with van der Waals surface area (Å²) < 4.78 is 5.52. The van der Waals surface area contributed by atoms with Crippen molar-refractivity contribution in [2.24, 2.45) is 0 Å². The highest BCUT2D eigenvalue weighted by atomic mass is 35.5. The van der Waals surface area contributed by atoms with Gasteiger partial charge in [0.25, 0.3) is 5.91 Å². The van der Waals surface area contributed by atoms with E-state index >= 15 is 0 Å². The molecule has 2 aromatic carbocycles. The Labute approximate surface area is 176 Å². The Morgan fingerprint density at radius 1 is 1.07 bits per heavy atom. The summed E-state index contributed by atoms with van der Waals surface area (Å²) in [6.45, 7) is 4.69. The van der Waals surface area contributed by atoms with E-state index in [1.54, 1.807) is 18.2 Å². The van der Waals surface area contributed by atoms with E-state index in [0.717, 1.165) is 12.1 Å². The van der Waals surface area contributed by atoms with Gasteiger partial charge in [0.05, 0.1) is 11.4 Å². The Morgan fingerprint density at radius 2 is 1.79 bits per heavy atom. The maximum atomic E-state index is 12.4. The van der Waals surface area contributed by atoms with E-state index in [-0.39, 0.29) is 18.4 Å². The Hall–Kier alpha value is -2.73. The Balaban J connectivity index is 1.62. The second-order valence-corrected chi connectivity index (χ2v) is 7.37. The van der Waals surface area contributed by atoms with Gasteiger partial charge in [0.15, 0.2) is 6.61 Å². The fraction of sp³-hybridized carbons (Fsp3) is 0.364. The van der Waals surface area contributed by atoms with Crippen LogP contribution < -0.4 is 15.0 Å². The lowest BCUT2D eigenvalue weighted by Gasteiger charge is -2.37. The van der Waals surface area contributed by atoms with Gasteiger partial charge in [-0.2, -0.15) is 0 Å². The third-order valence-electron chi connectivity index (χ3n) is 4.78. The van der Waals surface area contributed by atoms with Gasteiger partial charge in [0.2, 0.25) is 5.91 Å². The first kappa shape index (κ1) is 21.0. The lowest BCUT2D eigenvalue weighted by atomic mass is 10.2. The minimum atomic E-state index is -0.255. The lowest BCUT2D eigenvalue weighted by Crippen LogP contribution is -2.49. The number of hydrogen-bond donors (Lipinski definition) is 1. The van der Waals surface area contributed by atoms with Gasteiger partial charge >= 0.3 is 0 Å². The van der Waals surface area contributed by atoms with Crippen LogP contribution in [0.2, 0.25) is 5.02 Å². The minimum absolute atomic E-state index is 0.0880. The number of ether oxygens (including phenoxy) is 1. The van der Waals surface area contributed by atoms with Gasteiger partial charge < -0.3 is 19.9 Å². The molecule has 2 aromatic rings. The number of carbonyl (C=O) groups is 2. The van der Waals surface area contributed by atoms with E-state index in [2.05, 4.69) is 10.2 Å². The number of benzene rings is 2. The van der Waals surface area contributed by atoms with Gasteiger partial charge in [0.1, 0.15) is 5.75 Å². The summed E-state index contributed by atoms with van der Waals surface area (Å²) >= 11 is 6.16. The van der Waals surface area contributed by atoms with Gasteiger partial charge in [-0.25, -0.2) is 0 Å².